The fraction of sp³-hybridized carbons (Fsp3) is 0.167. The number of benzene rings is 2. The lowest BCUT2D eigenvalue weighted by atomic mass is 10.1. The molecule has 0 bridgehead atoms. The summed E-state index contributed by atoms with van der Waals surface area (Å²) in [6, 6.07) is 11.4. The monoisotopic (exact) mass is 341 g/mol. The third-order valence-corrected chi connectivity index (χ3v) is 3.80. The van der Waals surface area contributed by atoms with E-state index in [1.807, 2.05) is 0 Å². The minimum absolute atomic E-state index is 0.147. The number of H-pyrrole nitrogens is 1. The van der Waals surface area contributed by atoms with Crippen molar-refractivity contribution >= 4 is 28.5 Å². The summed E-state index contributed by atoms with van der Waals surface area (Å²) in [6.07, 6.45) is 0.452. The summed E-state index contributed by atoms with van der Waals surface area (Å²) in [4.78, 5) is 23.8. The van der Waals surface area contributed by atoms with Gasteiger partial charge in [0.25, 0.3) is 0 Å². The van der Waals surface area contributed by atoms with E-state index in [4.69, 9.17) is 0 Å². The lowest BCUT2D eigenvalue weighted by Crippen LogP contribution is -2.12. The number of halogens is 1. The molecule has 0 aliphatic carbocycles. The molecule has 0 radical (unpaired) electrons. The Kier molecular flexibility index (Phi) is 4.74. The maximum Gasteiger partial charge on any atom is 0.359 e. The van der Waals surface area contributed by atoms with E-state index in [0.717, 1.165) is 0 Å². The van der Waals surface area contributed by atoms with Crippen molar-refractivity contribution in [2.24, 2.45) is 0 Å². The van der Waals surface area contributed by atoms with Crippen LogP contribution in [0.5, 0.6) is 0 Å². The number of nitrogens with one attached hydrogen (secondary N) is 2. The van der Waals surface area contributed by atoms with E-state index < -0.39 is 5.97 Å². The highest BCUT2D eigenvalue weighted by Crippen LogP contribution is 2.21. The molecule has 128 valence electrons. The van der Waals surface area contributed by atoms with Gasteiger partial charge in [0.2, 0.25) is 5.91 Å². The number of methoxy groups -OCH3 is 1. The molecule has 0 fully saturated rings. The number of rotatable bonds is 5. The normalized spacial score (nSPS) is 10.6. The van der Waals surface area contributed by atoms with Crippen molar-refractivity contribution < 1.29 is 18.7 Å². The molecule has 7 heteroatoms. The van der Waals surface area contributed by atoms with Crippen LogP contribution in [-0.2, 0) is 16.0 Å². The van der Waals surface area contributed by atoms with E-state index >= 15 is 0 Å². The predicted molar refractivity (Wildman–Crippen MR) is 90.8 cm³/mol. The third kappa shape index (κ3) is 3.65. The van der Waals surface area contributed by atoms with E-state index in [9.17, 15) is 14.0 Å². The van der Waals surface area contributed by atoms with Crippen LogP contribution in [0.4, 0.5) is 10.1 Å². The van der Waals surface area contributed by atoms with E-state index in [1.165, 1.54) is 13.2 Å². The fourth-order valence-corrected chi connectivity index (χ4v) is 2.52. The zero-order valence-corrected chi connectivity index (χ0v) is 13.5. The van der Waals surface area contributed by atoms with Crippen LogP contribution in [0.3, 0.4) is 0 Å². The Labute approximate surface area is 143 Å². The van der Waals surface area contributed by atoms with Gasteiger partial charge in [0.15, 0.2) is 5.69 Å². The number of anilines is 1. The maximum absolute atomic E-state index is 13.6. The van der Waals surface area contributed by atoms with Crippen molar-refractivity contribution in [3.63, 3.8) is 0 Å². The minimum atomic E-state index is -0.561. The van der Waals surface area contributed by atoms with Gasteiger partial charge in [-0.25, -0.2) is 9.18 Å². The molecular formula is C18H16FN3O3. The quantitative estimate of drug-likeness (QED) is 0.699. The molecule has 1 heterocycles. The van der Waals surface area contributed by atoms with Gasteiger partial charge in [-0.15, -0.1) is 0 Å². The summed E-state index contributed by atoms with van der Waals surface area (Å²) in [6.45, 7) is 0. The molecule has 2 aromatic carbocycles. The molecule has 0 atom stereocenters. The van der Waals surface area contributed by atoms with Crippen molar-refractivity contribution in [3.05, 3.63) is 59.5 Å². The van der Waals surface area contributed by atoms with Gasteiger partial charge in [-0.1, -0.05) is 18.2 Å². The molecule has 0 aliphatic rings. The Morgan fingerprint density at radius 2 is 2.04 bits per heavy atom. The molecule has 0 aliphatic heterocycles. The summed E-state index contributed by atoms with van der Waals surface area (Å²) in [5, 5.41) is 9.95. The summed E-state index contributed by atoms with van der Waals surface area (Å²) in [7, 11) is 1.27. The average Bonchev–Trinajstić information content (AvgIpc) is 3.03. The molecule has 0 spiro atoms. The van der Waals surface area contributed by atoms with Crippen molar-refractivity contribution in [2.75, 3.05) is 12.4 Å². The molecule has 3 aromatic rings. The van der Waals surface area contributed by atoms with E-state index in [0.29, 0.717) is 28.6 Å². The highest BCUT2D eigenvalue weighted by atomic mass is 19.1. The highest BCUT2D eigenvalue weighted by Gasteiger charge is 2.15. The molecule has 2 N–H and O–H groups in total. The van der Waals surface area contributed by atoms with E-state index in [-0.39, 0.29) is 23.8 Å². The van der Waals surface area contributed by atoms with Crippen molar-refractivity contribution in [1.82, 2.24) is 10.2 Å². The van der Waals surface area contributed by atoms with Gasteiger partial charge >= 0.3 is 5.97 Å². The second-order valence-electron chi connectivity index (χ2n) is 5.46. The first-order valence-electron chi connectivity index (χ1n) is 7.68. The smallest absolute Gasteiger partial charge is 0.359 e. The lowest BCUT2D eigenvalue weighted by Gasteiger charge is -2.06. The maximum atomic E-state index is 13.6. The van der Waals surface area contributed by atoms with Gasteiger partial charge in [-0.05, 0) is 36.2 Å². The van der Waals surface area contributed by atoms with Gasteiger partial charge in [0.1, 0.15) is 5.82 Å². The minimum Gasteiger partial charge on any atom is -0.464 e. The Hall–Kier alpha value is -3.22. The molecule has 6 nitrogen and oxygen atoms in total. The summed E-state index contributed by atoms with van der Waals surface area (Å²) in [5.74, 6) is -1.13. The van der Waals surface area contributed by atoms with Gasteiger partial charge < -0.3 is 10.1 Å². The average molecular weight is 341 g/mol. The van der Waals surface area contributed by atoms with Gasteiger partial charge in [0, 0.05) is 17.5 Å². The van der Waals surface area contributed by atoms with Crippen LogP contribution in [0.15, 0.2) is 42.5 Å². The van der Waals surface area contributed by atoms with Crippen LogP contribution in [-0.4, -0.2) is 29.2 Å². The van der Waals surface area contributed by atoms with Crippen molar-refractivity contribution in [2.45, 2.75) is 12.8 Å². The number of nitrogens with zero attached hydrogens (tertiary/aromatic N) is 1. The number of aryl methyl sites for hydroxylation is 1. The van der Waals surface area contributed by atoms with Crippen LogP contribution >= 0.6 is 0 Å². The predicted octanol–water partition coefficient (Wildman–Crippen LogP) is 3.06. The molecule has 0 saturated carbocycles. The third-order valence-electron chi connectivity index (χ3n) is 3.80. The largest absolute Gasteiger partial charge is 0.464 e. The first-order chi connectivity index (χ1) is 12.1. The Bertz CT molecular complexity index is 936. The van der Waals surface area contributed by atoms with Crippen LogP contribution in [0, 0.1) is 5.82 Å². The van der Waals surface area contributed by atoms with E-state index in [1.54, 1.807) is 36.4 Å². The van der Waals surface area contributed by atoms with Crippen molar-refractivity contribution in [3.8, 4) is 0 Å². The van der Waals surface area contributed by atoms with Crippen LogP contribution in [0.1, 0.15) is 22.5 Å². The molecular weight excluding hydrogens is 325 g/mol. The molecule has 25 heavy (non-hydrogen) atoms. The number of esters is 1. The van der Waals surface area contributed by atoms with E-state index in [2.05, 4.69) is 20.3 Å². The Morgan fingerprint density at radius 3 is 2.80 bits per heavy atom. The summed E-state index contributed by atoms with van der Waals surface area (Å²) >= 11 is 0. The van der Waals surface area contributed by atoms with Crippen LogP contribution in [0.2, 0.25) is 0 Å². The van der Waals surface area contributed by atoms with Crippen LogP contribution in [0.25, 0.3) is 10.9 Å². The molecule has 1 aromatic heterocycles. The highest BCUT2D eigenvalue weighted by molar-refractivity contribution is 6.03. The Balaban J connectivity index is 1.71. The lowest BCUT2D eigenvalue weighted by molar-refractivity contribution is -0.116. The molecule has 0 unspecified atom stereocenters. The zero-order valence-electron chi connectivity index (χ0n) is 13.5. The summed E-state index contributed by atoms with van der Waals surface area (Å²) < 4.78 is 18.3. The molecule has 3 rings (SSSR count). The number of ether oxygens (including phenoxy) is 1. The number of hydrogen-bond donors (Lipinski definition) is 2. The number of hydrogen-bond acceptors (Lipinski definition) is 4. The fourth-order valence-electron chi connectivity index (χ4n) is 2.52. The number of amides is 1. The standard InChI is InChI=1S/C18H16FN3O3/c1-25-18(24)17-13-10-12(7-8-15(13)21-22-17)20-16(23)9-6-11-4-2-3-5-14(11)19/h2-5,7-8,10H,6,9H2,1H3,(H,20,23)(H,21,22). The number of carbonyl (C=O) groups is 2. The molecule has 0 saturated heterocycles. The number of fused-ring (bicyclic) bond motifs is 1. The summed E-state index contributed by atoms with van der Waals surface area (Å²) in [5.41, 5.74) is 1.83. The number of carbonyl (C=O) groups excluding carboxylic acids is 2. The number of aromatic nitrogens is 2. The van der Waals surface area contributed by atoms with Crippen molar-refractivity contribution in [1.29, 1.82) is 0 Å². The van der Waals surface area contributed by atoms with Crippen LogP contribution < -0.4 is 5.32 Å². The van der Waals surface area contributed by atoms with Gasteiger partial charge in [-0.2, -0.15) is 5.10 Å². The second kappa shape index (κ2) is 7.12. The molecule has 1 amide bonds. The first kappa shape index (κ1) is 16.6. The van der Waals surface area contributed by atoms with Gasteiger partial charge in [0.05, 0.1) is 12.6 Å². The topological polar surface area (TPSA) is 84.1 Å². The SMILES string of the molecule is COC(=O)c1n[nH]c2ccc(NC(=O)CCc3ccccc3F)cc12. The number of aromatic amines is 1. The second-order valence-corrected chi connectivity index (χ2v) is 5.46. The zero-order chi connectivity index (χ0) is 17.8. The first-order valence-corrected chi connectivity index (χ1v) is 7.68. The Morgan fingerprint density at radius 1 is 1.24 bits per heavy atom. The van der Waals surface area contributed by atoms with Gasteiger partial charge in [-0.3, -0.25) is 9.89 Å².